The normalized spacial score (nSPS) is 13.1. The van der Waals surface area contributed by atoms with Gasteiger partial charge in [0.15, 0.2) is 0 Å². The molecule has 2 N–H and O–H groups in total. The molecule has 0 saturated carbocycles. The first-order valence-corrected chi connectivity index (χ1v) is 6.66. The van der Waals surface area contributed by atoms with Crippen molar-refractivity contribution in [3.05, 3.63) is 35.4 Å². The van der Waals surface area contributed by atoms with Crippen molar-refractivity contribution < 1.29 is 24.2 Å². The smallest absolute Gasteiger partial charge is 0.340 e. The Balaban J connectivity index is 2.78. The predicted molar refractivity (Wildman–Crippen MR) is 75.9 cm³/mol. The van der Waals surface area contributed by atoms with Gasteiger partial charge in [0.2, 0.25) is 6.04 Å². The first kappa shape index (κ1) is 16.7. The van der Waals surface area contributed by atoms with E-state index in [9.17, 15) is 14.4 Å². The number of hydrogen-bond donors (Lipinski definition) is 2. The third-order valence-electron chi connectivity index (χ3n) is 2.96. The molecule has 0 spiro atoms. The molecule has 21 heavy (non-hydrogen) atoms. The highest BCUT2D eigenvalue weighted by molar-refractivity contribution is 6.05. The fourth-order valence-corrected chi connectivity index (χ4v) is 1.49. The molecule has 0 fully saturated rings. The van der Waals surface area contributed by atoms with Crippen LogP contribution in [0.1, 0.15) is 36.2 Å². The molecule has 1 rings (SSSR count). The zero-order valence-corrected chi connectivity index (χ0v) is 12.3. The highest BCUT2D eigenvalue weighted by atomic mass is 16.5. The number of benzene rings is 1. The summed E-state index contributed by atoms with van der Waals surface area (Å²) in [6, 6.07) is 4.85. The zero-order chi connectivity index (χ0) is 16.0. The van der Waals surface area contributed by atoms with Crippen LogP contribution in [0.5, 0.6) is 0 Å². The summed E-state index contributed by atoms with van der Waals surface area (Å²) >= 11 is 0. The fourth-order valence-electron chi connectivity index (χ4n) is 1.49. The van der Waals surface area contributed by atoms with Crippen LogP contribution in [0.4, 0.5) is 0 Å². The van der Waals surface area contributed by atoms with E-state index in [1.165, 1.54) is 0 Å². The van der Waals surface area contributed by atoms with Gasteiger partial charge < -0.3 is 15.2 Å². The van der Waals surface area contributed by atoms with Crippen molar-refractivity contribution in [1.29, 1.82) is 0 Å². The Morgan fingerprint density at radius 3 is 2.29 bits per heavy atom. The Labute approximate surface area is 123 Å². The lowest BCUT2D eigenvalue weighted by Gasteiger charge is -2.17. The number of carboxylic acids is 1. The Hall–Kier alpha value is -2.37. The van der Waals surface area contributed by atoms with Gasteiger partial charge in [-0.05, 0) is 32.4 Å². The molecule has 6 heteroatoms. The standard InChI is InChI=1S/C15H19NO5/c1-4-10(3)21-15(20)12(14(18)19)16-13(17)11-7-5-9(2)6-8-11/h5-8,10,12H,4H2,1-3H3,(H,16,17)(H,18,19). The molecule has 0 saturated heterocycles. The second-order valence-electron chi connectivity index (χ2n) is 4.77. The molecule has 0 heterocycles. The molecule has 2 unspecified atom stereocenters. The molecule has 114 valence electrons. The number of ether oxygens (including phenoxy) is 1. The number of hydrogen-bond acceptors (Lipinski definition) is 4. The number of carbonyl (C=O) groups excluding carboxylic acids is 2. The molecular weight excluding hydrogens is 274 g/mol. The average molecular weight is 293 g/mol. The van der Waals surface area contributed by atoms with Crippen molar-refractivity contribution in [2.75, 3.05) is 0 Å². The van der Waals surface area contributed by atoms with E-state index < -0.39 is 30.0 Å². The van der Waals surface area contributed by atoms with Crippen LogP contribution in [0.3, 0.4) is 0 Å². The molecule has 2 atom stereocenters. The van der Waals surface area contributed by atoms with Crippen LogP contribution in [0.25, 0.3) is 0 Å². The summed E-state index contributed by atoms with van der Waals surface area (Å²) < 4.78 is 4.94. The van der Waals surface area contributed by atoms with Gasteiger partial charge >= 0.3 is 11.9 Å². The van der Waals surface area contributed by atoms with Crippen LogP contribution in [-0.4, -0.2) is 35.1 Å². The molecule has 0 aliphatic carbocycles. The van der Waals surface area contributed by atoms with E-state index in [0.717, 1.165) is 5.56 Å². The number of aryl methyl sites for hydroxylation is 1. The van der Waals surface area contributed by atoms with Gasteiger partial charge in [-0.3, -0.25) is 4.79 Å². The minimum atomic E-state index is -1.71. The number of nitrogens with one attached hydrogen (secondary N) is 1. The maximum absolute atomic E-state index is 11.9. The van der Waals surface area contributed by atoms with E-state index in [1.807, 2.05) is 6.92 Å². The van der Waals surface area contributed by atoms with Crippen LogP contribution in [0, 0.1) is 6.92 Å². The molecule has 6 nitrogen and oxygen atoms in total. The van der Waals surface area contributed by atoms with Crippen molar-refractivity contribution in [2.45, 2.75) is 39.3 Å². The lowest BCUT2D eigenvalue weighted by molar-refractivity contribution is -0.158. The van der Waals surface area contributed by atoms with Crippen LogP contribution < -0.4 is 5.32 Å². The Morgan fingerprint density at radius 1 is 1.24 bits per heavy atom. The number of carboxylic acid groups (broad SMARTS) is 1. The van der Waals surface area contributed by atoms with Gasteiger partial charge in [-0.25, -0.2) is 9.59 Å². The minimum Gasteiger partial charge on any atom is -0.479 e. The number of amides is 1. The summed E-state index contributed by atoms with van der Waals surface area (Å²) in [6.45, 7) is 5.32. The SMILES string of the molecule is CCC(C)OC(=O)C(NC(=O)c1ccc(C)cc1)C(=O)O. The molecule has 0 radical (unpaired) electrons. The summed E-state index contributed by atoms with van der Waals surface area (Å²) in [5, 5.41) is 11.2. The van der Waals surface area contributed by atoms with Crippen LogP contribution in [0.15, 0.2) is 24.3 Å². The first-order chi connectivity index (χ1) is 9.85. The Kier molecular flexibility index (Phi) is 5.90. The van der Waals surface area contributed by atoms with Crippen LogP contribution in [0.2, 0.25) is 0 Å². The van der Waals surface area contributed by atoms with Crippen LogP contribution in [-0.2, 0) is 14.3 Å². The van der Waals surface area contributed by atoms with Crippen molar-refractivity contribution >= 4 is 17.8 Å². The molecule has 0 aliphatic rings. The van der Waals surface area contributed by atoms with E-state index in [0.29, 0.717) is 6.42 Å². The summed E-state index contributed by atoms with van der Waals surface area (Å²) in [7, 11) is 0. The molecule has 1 aromatic rings. The maximum Gasteiger partial charge on any atom is 0.340 e. The van der Waals surface area contributed by atoms with Gasteiger partial charge in [0.05, 0.1) is 6.10 Å². The van der Waals surface area contributed by atoms with Gasteiger partial charge in [-0.2, -0.15) is 0 Å². The van der Waals surface area contributed by atoms with Gasteiger partial charge in [0, 0.05) is 5.56 Å². The van der Waals surface area contributed by atoms with Crippen molar-refractivity contribution in [2.24, 2.45) is 0 Å². The minimum absolute atomic E-state index is 0.281. The van der Waals surface area contributed by atoms with E-state index in [2.05, 4.69) is 5.32 Å². The average Bonchev–Trinajstić information content (AvgIpc) is 2.44. The molecule has 0 aliphatic heterocycles. The first-order valence-electron chi connectivity index (χ1n) is 6.66. The molecule has 0 aromatic heterocycles. The Morgan fingerprint density at radius 2 is 1.81 bits per heavy atom. The quantitative estimate of drug-likeness (QED) is 0.613. The summed E-state index contributed by atoms with van der Waals surface area (Å²) in [5.74, 6) is -3.07. The topological polar surface area (TPSA) is 92.7 Å². The fraction of sp³-hybridized carbons (Fsp3) is 0.400. The monoisotopic (exact) mass is 293 g/mol. The van der Waals surface area contributed by atoms with Gasteiger partial charge in [0.25, 0.3) is 5.91 Å². The lowest BCUT2D eigenvalue weighted by atomic mass is 10.1. The number of rotatable bonds is 6. The third-order valence-corrected chi connectivity index (χ3v) is 2.96. The number of carbonyl (C=O) groups is 3. The number of esters is 1. The lowest BCUT2D eigenvalue weighted by Crippen LogP contribution is -2.48. The van der Waals surface area contributed by atoms with E-state index in [4.69, 9.17) is 9.84 Å². The second-order valence-corrected chi connectivity index (χ2v) is 4.77. The van der Waals surface area contributed by atoms with Crippen molar-refractivity contribution in [3.8, 4) is 0 Å². The molecule has 0 bridgehead atoms. The Bertz CT molecular complexity index is 523. The largest absolute Gasteiger partial charge is 0.479 e. The van der Waals surface area contributed by atoms with Gasteiger partial charge in [-0.15, -0.1) is 0 Å². The van der Waals surface area contributed by atoms with Crippen LogP contribution >= 0.6 is 0 Å². The van der Waals surface area contributed by atoms with Crippen molar-refractivity contribution in [1.82, 2.24) is 5.32 Å². The van der Waals surface area contributed by atoms with E-state index >= 15 is 0 Å². The van der Waals surface area contributed by atoms with Crippen molar-refractivity contribution in [3.63, 3.8) is 0 Å². The van der Waals surface area contributed by atoms with Gasteiger partial charge in [0.1, 0.15) is 0 Å². The maximum atomic E-state index is 11.9. The van der Waals surface area contributed by atoms with E-state index in [1.54, 1.807) is 38.1 Å². The second kappa shape index (κ2) is 7.42. The van der Waals surface area contributed by atoms with Gasteiger partial charge in [-0.1, -0.05) is 24.6 Å². The molecule has 1 amide bonds. The van der Waals surface area contributed by atoms with E-state index in [-0.39, 0.29) is 5.56 Å². The summed E-state index contributed by atoms with van der Waals surface area (Å²) in [6.07, 6.45) is 0.153. The third kappa shape index (κ3) is 4.91. The summed E-state index contributed by atoms with van der Waals surface area (Å²) in [4.78, 5) is 34.8. The molecule has 1 aromatic carbocycles. The molecular formula is C15H19NO5. The highest BCUT2D eigenvalue weighted by Crippen LogP contribution is 2.05. The zero-order valence-electron chi connectivity index (χ0n) is 12.3. The highest BCUT2D eigenvalue weighted by Gasteiger charge is 2.30. The summed E-state index contributed by atoms with van der Waals surface area (Å²) in [5.41, 5.74) is 1.25. The number of aliphatic carboxylic acids is 1. The predicted octanol–water partition coefficient (Wildman–Crippen LogP) is 1.52.